The number of nitrogens with zero attached hydrogens (tertiary/aromatic N) is 2. The molecule has 8 nitrogen and oxygen atoms in total. The number of carbonyl (C=O) groups excluding carboxylic acids is 1. The molecule has 0 radical (unpaired) electrons. The van der Waals surface area contributed by atoms with Gasteiger partial charge in [0.05, 0.1) is 31.8 Å². The number of nitrogens with one attached hydrogen (secondary N) is 1. The summed E-state index contributed by atoms with van der Waals surface area (Å²) in [4.78, 5) is 25.6. The van der Waals surface area contributed by atoms with E-state index in [1.54, 1.807) is 12.1 Å². The fourth-order valence-electron chi connectivity index (χ4n) is 2.61. The minimum atomic E-state index is -0.668. The lowest BCUT2D eigenvalue weighted by Gasteiger charge is -2.10. The summed E-state index contributed by atoms with van der Waals surface area (Å²) in [5.74, 6) is -0.234. The Balaban J connectivity index is 1.68. The number of benzene rings is 2. The van der Waals surface area contributed by atoms with Crippen LogP contribution in [0.3, 0.4) is 0 Å². The van der Waals surface area contributed by atoms with Crippen molar-refractivity contribution in [2.75, 3.05) is 13.7 Å². The van der Waals surface area contributed by atoms with Crippen LogP contribution < -0.4 is 15.0 Å². The van der Waals surface area contributed by atoms with Gasteiger partial charge in [-0.05, 0) is 37.3 Å². The Morgan fingerprint density at radius 1 is 1.17 bits per heavy atom. The van der Waals surface area contributed by atoms with Crippen LogP contribution in [0.1, 0.15) is 23.0 Å². The lowest BCUT2D eigenvalue weighted by molar-refractivity contribution is 0.0219. The van der Waals surface area contributed by atoms with Crippen LogP contribution in [0.5, 0.6) is 17.2 Å². The number of hydrogen-bond acceptors (Lipinski definition) is 7. The maximum Gasteiger partial charge on any atom is 0.295 e. The zero-order chi connectivity index (χ0) is 21.5. The van der Waals surface area contributed by atoms with Crippen molar-refractivity contribution in [1.82, 2.24) is 15.4 Å². The van der Waals surface area contributed by atoms with Gasteiger partial charge in [-0.15, -0.1) is 0 Å². The summed E-state index contributed by atoms with van der Waals surface area (Å²) in [6.07, 6.45) is 2.67. The smallest absolute Gasteiger partial charge is 0.295 e. The van der Waals surface area contributed by atoms with Crippen molar-refractivity contribution in [3.63, 3.8) is 0 Å². The number of methoxy groups -OCH3 is 1. The number of aromatic nitrogens is 2. The molecule has 3 aromatic rings. The molecule has 0 spiro atoms. The number of amides is 1. The second-order valence-corrected chi connectivity index (χ2v) is 6.08. The standard InChI is InChI=1S/C21H20FN3O5/c1-3-29-15-4-6-16(20(26)9-15)18-10-23-11-19(24-18)21(27)25-30-12-13-8-14(28-2)5-7-17(13)22/h4-11,26H,3,12H2,1-2H3,(H,25,27). The van der Waals surface area contributed by atoms with Crippen LogP contribution in [0.2, 0.25) is 0 Å². The Labute approximate surface area is 172 Å². The summed E-state index contributed by atoms with van der Waals surface area (Å²) in [5, 5.41) is 10.2. The van der Waals surface area contributed by atoms with Crippen molar-refractivity contribution in [2.24, 2.45) is 0 Å². The predicted octanol–water partition coefficient (Wildman–Crippen LogP) is 3.26. The minimum absolute atomic E-state index is 0.0353. The molecule has 0 aliphatic rings. The molecule has 156 valence electrons. The van der Waals surface area contributed by atoms with E-state index in [9.17, 15) is 14.3 Å². The number of aromatic hydroxyl groups is 1. The molecule has 0 bridgehead atoms. The summed E-state index contributed by atoms with van der Waals surface area (Å²) in [6, 6.07) is 8.95. The molecular formula is C21H20FN3O5. The van der Waals surface area contributed by atoms with E-state index in [0.29, 0.717) is 29.4 Å². The first kappa shape index (κ1) is 21.0. The summed E-state index contributed by atoms with van der Waals surface area (Å²) in [5.41, 5.74) is 3.06. The Hall–Kier alpha value is -3.72. The molecule has 0 fully saturated rings. The molecule has 0 saturated heterocycles. The second kappa shape index (κ2) is 9.66. The Kier molecular flexibility index (Phi) is 6.76. The summed E-state index contributed by atoms with van der Waals surface area (Å²) >= 11 is 0. The second-order valence-electron chi connectivity index (χ2n) is 6.08. The Bertz CT molecular complexity index is 1040. The molecule has 0 unspecified atom stereocenters. The average molecular weight is 413 g/mol. The van der Waals surface area contributed by atoms with Gasteiger partial charge in [0.25, 0.3) is 5.91 Å². The number of phenolic OH excluding ortho intramolecular Hbond substituents is 1. The zero-order valence-corrected chi connectivity index (χ0v) is 16.4. The van der Waals surface area contributed by atoms with Gasteiger partial charge in [0.15, 0.2) is 0 Å². The van der Waals surface area contributed by atoms with E-state index in [-0.39, 0.29) is 23.6 Å². The fraction of sp³-hybridized carbons (Fsp3) is 0.190. The summed E-state index contributed by atoms with van der Waals surface area (Å²) in [7, 11) is 1.47. The molecule has 2 aromatic carbocycles. The van der Waals surface area contributed by atoms with Crippen LogP contribution in [0, 0.1) is 5.82 Å². The van der Waals surface area contributed by atoms with E-state index < -0.39 is 11.7 Å². The maximum atomic E-state index is 13.8. The van der Waals surface area contributed by atoms with E-state index >= 15 is 0 Å². The van der Waals surface area contributed by atoms with Crippen molar-refractivity contribution < 1.29 is 28.6 Å². The van der Waals surface area contributed by atoms with Crippen LogP contribution >= 0.6 is 0 Å². The lowest BCUT2D eigenvalue weighted by atomic mass is 10.1. The highest BCUT2D eigenvalue weighted by atomic mass is 19.1. The first-order valence-electron chi connectivity index (χ1n) is 9.04. The molecule has 30 heavy (non-hydrogen) atoms. The molecule has 1 heterocycles. The highest BCUT2D eigenvalue weighted by molar-refractivity contribution is 5.91. The van der Waals surface area contributed by atoms with Gasteiger partial charge in [0.2, 0.25) is 0 Å². The number of hydrogen-bond donors (Lipinski definition) is 2. The molecular weight excluding hydrogens is 393 g/mol. The summed E-state index contributed by atoms with van der Waals surface area (Å²) < 4.78 is 24.2. The highest BCUT2D eigenvalue weighted by Crippen LogP contribution is 2.31. The third-order valence-corrected chi connectivity index (χ3v) is 4.07. The van der Waals surface area contributed by atoms with Gasteiger partial charge < -0.3 is 14.6 Å². The van der Waals surface area contributed by atoms with Gasteiger partial charge in [-0.25, -0.2) is 14.9 Å². The van der Waals surface area contributed by atoms with Gasteiger partial charge in [-0.1, -0.05) is 0 Å². The molecule has 2 N–H and O–H groups in total. The van der Waals surface area contributed by atoms with Crippen molar-refractivity contribution in [3.8, 4) is 28.5 Å². The van der Waals surface area contributed by atoms with Crippen LogP contribution in [0.25, 0.3) is 11.3 Å². The largest absolute Gasteiger partial charge is 0.507 e. The Morgan fingerprint density at radius 2 is 1.97 bits per heavy atom. The molecule has 0 saturated carbocycles. The van der Waals surface area contributed by atoms with E-state index in [1.165, 1.54) is 43.8 Å². The molecule has 9 heteroatoms. The van der Waals surface area contributed by atoms with Crippen LogP contribution in [-0.4, -0.2) is 34.7 Å². The van der Waals surface area contributed by atoms with Gasteiger partial charge in [0, 0.05) is 17.2 Å². The van der Waals surface area contributed by atoms with Crippen molar-refractivity contribution >= 4 is 5.91 Å². The zero-order valence-electron chi connectivity index (χ0n) is 16.4. The molecule has 1 amide bonds. The highest BCUT2D eigenvalue weighted by Gasteiger charge is 2.13. The van der Waals surface area contributed by atoms with Crippen LogP contribution in [0.4, 0.5) is 4.39 Å². The number of carbonyl (C=O) groups is 1. The van der Waals surface area contributed by atoms with Crippen LogP contribution in [0.15, 0.2) is 48.8 Å². The predicted molar refractivity (Wildman–Crippen MR) is 106 cm³/mol. The molecule has 0 aliphatic carbocycles. The van der Waals surface area contributed by atoms with Gasteiger partial charge in [0.1, 0.15) is 35.4 Å². The number of halogens is 1. The number of ether oxygens (including phenoxy) is 2. The monoisotopic (exact) mass is 413 g/mol. The molecule has 3 rings (SSSR count). The normalized spacial score (nSPS) is 10.5. The molecule has 0 atom stereocenters. The summed E-state index contributed by atoms with van der Waals surface area (Å²) in [6.45, 7) is 2.10. The van der Waals surface area contributed by atoms with Crippen molar-refractivity contribution in [1.29, 1.82) is 0 Å². The maximum absolute atomic E-state index is 13.8. The minimum Gasteiger partial charge on any atom is -0.507 e. The van der Waals surface area contributed by atoms with E-state index in [2.05, 4.69) is 15.4 Å². The van der Waals surface area contributed by atoms with Gasteiger partial charge in [-0.2, -0.15) is 0 Å². The van der Waals surface area contributed by atoms with Gasteiger partial charge in [-0.3, -0.25) is 14.6 Å². The SMILES string of the molecule is CCOc1ccc(-c2cncc(C(=O)NOCc3cc(OC)ccc3F)n2)c(O)c1. The fourth-order valence-corrected chi connectivity index (χ4v) is 2.61. The van der Waals surface area contributed by atoms with Crippen molar-refractivity contribution in [2.45, 2.75) is 13.5 Å². The number of rotatable bonds is 8. The Morgan fingerprint density at radius 3 is 2.70 bits per heavy atom. The molecule has 0 aliphatic heterocycles. The van der Waals surface area contributed by atoms with E-state index in [1.807, 2.05) is 6.92 Å². The van der Waals surface area contributed by atoms with Crippen molar-refractivity contribution in [3.05, 3.63) is 65.9 Å². The molecule has 1 aromatic heterocycles. The third kappa shape index (κ3) is 5.00. The first-order chi connectivity index (χ1) is 14.5. The average Bonchev–Trinajstić information content (AvgIpc) is 2.75. The quantitative estimate of drug-likeness (QED) is 0.547. The van der Waals surface area contributed by atoms with Gasteiger partial charge >= 0.3 is 0 Å². The lowest BCUT2D eigenvalue weighted by Crippen LogP contribution is -2.25. The first-order valence-corrected chi connectivity index (χ1v) is 9.04. The van der Waals surface area contributed by atoms with E-state index in [0.717, 1.165) is 0 Å². The number of hydroxylamine groups is 1. The topological polar surface area (TPSA) is 103 Å². The van der Waals surface area contributed by atoms with Crippen LogP contribution in [-0.2, 0) is 11.4 Å². The third-order valence-electron chi connectivity index (χ3n) is 4.07. The number of phenols is 1. The van der Waals surface area contributed by atoms with E-state index in [4.69, 9.17) is 14.3 Å².